The number of thiol groups is 1. The molecule has 1 unspecified atom stereocenters. The molecule has 6 nitrogen and oxygen atoms in total. The summed E-state index contributed by atoms with van der Waals surface area (Å²) >= 11 is 0. The molecule has 0 bridgehead atoms. The van der Waals surface area contributed by atoms with Gasteiger partial charge in [0.15, 0.2) is 0 Å². The molecule has 1 rings (SSSR count). The van der Waals surface area contributed by atoms with E-state index in [1.165, 1.54) is 0 Å². The molecule has 1 fully saturated rings. The normalized spacial score (nSPS) is 30.8. The van der Waals surface area contributed by atoms with Gasteiger partial charge >= 0.3 is 0 Å². The highest BCUT2D eigenvalue weighted by Crippen LogP contribution is 2.17. The van der Waals surface area contributed by atoms with Gasteiger partial charge in [-0.25, -0.2) is 8.42 Å². The highest BCUT2D eigenvalue weighted by molar-refractivity contribution is 7.67. The van der Waals surface area contributed by atoms with Crippen LogP contribution in [0.4, 0.5) is 0 Å². The number of β-lactam (4-membered cyclic amide) rings is 1. The van der Waals surface area contributed by atoms with E-state index in [9.17, 15) is 13.2 Å². The standard InChI is InChI=1S/C4H8N2O4S/c1-2-3(5)4(7)6(2)10-11(8)9/h2-3,11H,5H2,1H3/t2?,3-/m0/s1. The average molecular weight is 180 g/mol. The molecule has 0 spiro atoms. The highest BCUT2D eigenvalue weighted by atomic mass is 32.2. The minimum absolute atomic E-state index is 0.365. The Kier molecular flexibility index (Phi) is 2.12. The summed E-state index contributed by atoms with van der Waals surface area (Å²) < 4.78 is 24.1. The van der Waals surface area contributed by atoms with Crippen molar-refractivity contribution in [3.05, 3.63) is 0 Å². The van der Waals surface area contributed by atoms with Crippen molar-refractivity contribution in [3.63, 3.8) is 0 Å². The number of carbonyl (C=O) groups excluding carboxylic acids is 1. The van der Waals surface area contributed by atoms with Crippen LogP contribution in [0.15, 0.2) is 0 Å². The fraction of sp³-hybridized carbons (Fsp3) is 0.750. The highest BCUT2D eigenvalue weighted by Gasteiger charge is 2.43. The topological polar surface area (TPSA) is 89.7 Å². The van der Waals surface area contributed by atoms with Gasteiger partial charge in [-0.2, -0.15) is 5.06 Å². The predicted molar refractivity (Wildman–Crippen MR) is 35.7 cm³/mol. The number of rotatable bonds is 2. The van der Waals surface area contributed by atoms with Crippen LogP contribution in [0.1, 0.15) is 6.92 Å². The van der Waals surface area contributed by atoms with Gasteiger partial charge in [0.2, 0.25) is 0 Å². The molecule has 11 heavy (non-hydrogen) atoms. The Morgan fingerprint density at radius 3 is 2.55 bits per heavy atom. The zero-order valence-corrected chi connectivity index (χ0v) is 6.65. The molecule has 7 heteroatoms. The number of amides is 1. The third-order valence-electron chi connectivity index (χ3n) is 1.55. The summed E-state index contributed by atoms with van der Waals surface area (Å²) in [5.41, 5.74) is 5.26. The number of carbonyl (C=O) groups is 1. The Labute approximate surface area is 65.0 Å². The van der Waals surface area contributed by atoms with Gasteiger partial charge in [0.25, 0.3) is 16.9 Å². The van der Waals surface area contributed by atoms with E-state index >= 15 is 0 Å². The van der Waals surface area contributed by atoms with Crippen LogP contribution in [0.2, 0.25) is 0 Å². The maximum atomic E-state index is 10.7. The minimum Gasteiger partial charge on any atom is -0.318 e. The molecule has 2 atom stereocenters. The molecule has 0 aromatic carbocycles. The smallest absolute Gasteiger partial charge is 0.278 e. The van der Waals surface area contributed by atoms with E-state index in [-0.39, 0.29) is 6.04 Å². The molecule has 2 N–H and O–H groups in total. The zero-order valence-electron chi connectivity index (χ0n) is 5.76. The molecule has 1 amide bonds. The van der Waals surface area contributed by atoms with Crippen LogP contribution in [-0.4, -0.2) is 31.5 Å². The first kappa shape index (κ1) is 8.44. The molecule has 0 radical (unpaired) electrons. The summed E-state index contributed by atoms with van der Waals surface area (Å²) in [5.74, 6) is -0.503. The van der Waals surface area contributed by atoms with Crippen LogP contribution in [0.25, 0.3) is 0 Å². The molecular formula is C4H8N2O4S. The van der Waals surface area contributed by atoms with Crippen LogP contribution in [-0.2, 0) is 20.1 Å². The third kappa shape index (κ3) is 1.35. The van der Waals surface area contributed by atoms with Crippen LogP contribution in [0.3, 0.4) is 0 Å². The molecule has 1 aliphatic rings. The summed E-state index contributed by atoms with van der Waals surface area (Å²) in [6.07, 6.45) is 0. The number of nitrogens with two attached hydrogens (primary N) is 1. The maximum absolute atomic E-state index is 10.7. The van der Waals surface area contributed by atoms with Gasteiger partial charge < -0.3 is 5.73 Å². The summed E-state index contributed by atoms with van der Waals surface area (Å²) in [6.45, 7) is 1.60. The lowest BCUT2D eigenvalue weighted by molar-refractivity contribution is -0.189. The van der Waals surface area contributed by atoms with E-state index in [2.05, 4.69) is 4.28 Å². The van der Waals surface area contributed by atoms with E-state index in [1.807, 2.05) is 0 Å². The van der Waals surface area contributed by atoms with Crippen molar-refractivity contribution in [2.24, 2.45) is 5.73 Å². The molecule has 0 aromatic rings. The Morgan fingerprint density at radius 2 is 2.18 bits per heavy atom. The van der Waals surface area contributed by atoms with Crippen LogP contribution < -0.4 is 5.73 Å². The van der Waals surface area contributed by atoms with Gasteiger partial charge in [-0.1, -0.05) is 0 Å². The van der Waals surface area contributed by atoms with Gasteiger partial charge in [0.1, 0.15) is 6.04 Å². The monoisotopic (exact) mass is 180 g/mol. The number of hydroxylamine groups is 2. The van der Waals surface area contributed by atoms with Crippen molar-refractivity contribution in [3.8, 4) is 0 Å². The van der Waals surface area contributed by atoms with E-state index in [1.54, 1.807) is 6.92 Å². The number of hydrogen-bond donors (Lipinski definition) is 2. The lowest BCUT2D eigenvalue weighted by Gasteiger charge is -2.39. The van der Waals surface area contributed by atoms with Crippen molar-refractivity contribution in [2.45, 2.75) is 19.0 Å². The largest absolute Gasteiger partial charge is 0.318 e. The summed E-state index contributed by atoms with van der Waals surface area (Å²) in [7, 11) is -3.02. The second kappa shape index (κ2) is 2.76. The fourth-order valence-corrected chi connectivity index (χ4v) is 1.18. The van der Waals surface area contributed by atoms with E-state index in [0.717, 1.165) is 5.06 Å². The third-order valence-corrected chi connectivity index (χ3v) is 1.86. The average Bonchev–Trinajstić information content (AvgIpc) is 1.98. The first-order valence-electron chi connectivity index (χ1n) is 2.95. The Balaban J connectivity index is 2.56. The summed E-state index contributed by atoms with van der Waals surface area (Å²) in [4.78, 5) is 10.7. The van der Waals surface area contributed by atoms with Crippen LogP contribution in [0.5, 0.6) is 0 Å². The number of hydrogen-bond acceptors (Lipinski definition) is 5. The van der Waals surface area contributed by atoms with Crippen molar-refractivity contribution in [1.29, 1.82) is 0 Å². The van der Waals surface area contributed by atoms with Crippen LogP contribution in [0, 0.1) is 0 Å². The van der Waals surface area contributed by atoms with Gasteiger partial charge in [-0.05, 0) is 6.92 Å². The van der Waals surface area contributed by atoms with Crippen LogP contribution >= 0.6 is 0 Å². The molecule has 0 aromatic heterocycles. The van der Waals surface area contributed by atoms with Gasteiger partial charge in [0, 0.05) is 0 Å². The Hall–Kier alpha value is -0.660. The molecule has 1 heterocycles. The SMILES string of the molecule is CC1[C@H](N)C(=O)N1O[SH](=O)=O. The number of nitrogens with zero attached hydrogens (tertiary/aromatic N) is 1. The molecule has 64 valence electrons. The maximum Gasteiger partial charge on any atom is 0.278 e. The second-order valence-electron chi connectivity index (χ2n) is 2.24. The lowest BCUT2D eigenvalue weighted by atomic mass is 10.0. The minimum atomic E-state index is -3.02. The van der Waals surface area contributed by atoms with Crippen molar-refractivity contribution >= 4 is 16.9 Å². The van der Waals surface area contributed by atoms with Gasteiger partial charge in [-0.15, -0.1) is 4.28 Å². The summed E-state index contributed by atoms with van der Waals surface area (Å²) in [6, 6.07) is -1.000. The quantitative estimate of drug-likeness (QED) is 0.379. The van der Waals surface area contributed by atoms with Crippen molar-refractivity contribution < 1.29 is 17.5 Å². The van der Waals surface area contributed by atoms with E-state index < -0.39 is 22.9 Å². The predicted octanol–water partition coefficient (Wildman–Crippen LogP) is -2.00. The van der Waals surface area contributed by atoms with Gasteiger partial charge in [0.05, 0.1) is 6.04 Å². The summed E-state index contributed by atoms with van der Waals surface area (Å²) in [5, 5.41) is 0.746. The first-order chi connectivity index (χ1) is 5.04. The molecule has 0 saturated carbocycles. The van der Waals surface area contributed by atoms with Gasteiger partial charge in [-0.3, -0.25) is 4.79 Å². The Morgan fingerprint density at radius 1 is 1.64 bits per heavy atom. The fourth-order valence-electron chi connectivity index (χ4n) is 0.804. The van der Waals surface area contributed by atoms with E-state index in [0.29, 0.717) is 0 Å². The molecule has 0 aliphatic carbocycles. The molecule has 1 saturated heterocycles. The Bertz CT molecular complexity index is 242. The first-order valence-corrected chi connectivity index (χ1v) is 4.04. The van der Waals surface area contributed by atoms with E-state index in [4.69, 9.17) is 5.73 Å². The molecular weight excluding hydrogens is 172 g/mol. The second-order valence-corrected chi connectivity index (χ2v) is 2.85. The zero-order chi connectivity index (χ0) is 8.59. The molecule has 1 aliphatic heterocycles. The lowest BCUT2D eigenvalue weighted by Crippen LogP contribution is -2.66. The van der Waals surface area contributed by atoms with Crippen molar-refractivity contribution in [2.75, 3.05) is 0 Å². The van der Waals surface area contributed by atoms with Crippen molar-refractivity contribution in [1.82, 2.24) is 5.06 Å².